The largest absolute Gasteiger partial charge is 0.490 e. The first-order valence-corrected chi connectivity index (χ1v) is 13.4. The number of carboxylic acid groups (broad SMARTS) is 1. The molecule has 0 aromatic heterocycles. The molecular formula is C29H36F3NO3. The molecule has 3 fully saturated rings. The van der Waals surface area contributed by atoms with E-state index < -0.39 is 17.7 Å². The maximum absolute atomic E-state index is 14.3. The molecule has 1 saturated carbocycles. The first kappa shape index (κ1) is 25.4. The highest BCUT2D eigenvalue weighted by Crippen LogP contribution is 2.45. The van der Waals surface area contributed by atoms with E-state index in [1.807, 2.05) is 12.1 Å². The Kier molecular flexibility index (Phi) is 6.96. The Hall–Kier alpha value is -2.28. The van der Waals surface area contributed by atoms with E-state index in [0.29, 0.717) is 24.1 Å². The Bertz CT molecular complexity index is 1090. The fourth-order valence-electron chi connectivity index (χ4n) is 6.93. The van der Waals surface area contributed by atoms with E-state index in [-0.39, 0.29) is 41.3 Å². The third kappa shape index (κ3) is 4.96. The van der Waals surface area contributed by atoms with Gasteiger partial charge in [-0.2, -0.15) is 13.2 Å². The van der Waals surface area contributed by atoms with Crippen molar-refractivity contribution in [2.24, 2.45) is 11.8 Å². The highest BCUT2D eigenvalue weighted by atomic mass is 19.4. The molecule has 5 rings (SSSR count). The van der Waals surface area contributed by atoms with Gasteiger partial charge in [0.05, 0.1) is 12.0 Å². The van der Waals surface area contributed by atoms with Crippen LogP contribution in [0.15, 0.2) is 30.3 Å². The van der Waals surface area contributed by atoms with Crippen LogP contribution in [-0.4, -0.2) is 34.2 Å². The zero-order valence-electron chi connectivity index (χ0n) is 21.1. The van der Waals surface area contributed by atoms with Crippen LogP contribution in [0.5, 0.6) is 5.75 Å². The number of alkyl halides is 3. The molecule has 2 aliphatic heterocycles. The third-order valence-electron chi connectivity index (χ3n) is 8.86. The summed E-state index contributed by atoms with van der Waals surface area (Å²) in [6, 6.07) is 8.93. The molecular weight excluding hydrogens is 467 g/mol. The molecule has 196 valence electrons. The van der Waals surface area contributed by atoms with Gasteiger partial charge in [0, 0.05) is 18.1 Å². The van der Waals surface area contributed by atoms with Crippen molar-refractivity contribution in [2.75, 3.05) is 0 Å². The monoisotopic (exact) mass is 503 g/mol. The molecule has 2 aromatic carbocycles. The lowest BCUT2D eigenvalue weighted by Crippen LogP contribution is -2.53. The van der Waals surface area contributed by atoms with Crippen molar-refractivity contribution in [3.05, 3.63) is 41.5 Å². The average molecular weight is 504 g/mol. The number of nitrogens with zero attached hydrogens (tertiary/aromatic N) is 1. The highest BCUT2D eigenvalue weighted by Gasteiger charge is 2.43. The van der Waals surface area contributed by atoms with Gasteiger partial charge in [-0.25, -0.2) is 0 Å². The zero-order chi connectivity index (χ0) is 25.6. The van der Waals surface area contributed by atoms with Gasteiger partial charge in [-0.15, -0.1) is 0 Å². The standard InChI is InChI=1S/C29H36F3NO3/c1-17-6-10-24(11-7-17)36-26-13-9-20-14-19(8-12-25(20)27(26)29(30,31)32)18(2)33-22-4-3-5-23(33)16-21(15-22)28(34)35/h8-9,12-14,17-18,21-24H,3-7,10-11,15-16H2,1-2H3,(H,34,35)/t17-,18?,21?,22?,23?,24+. The van der Waals surface area contributed by atoms with Crippen molar-refractivity contribution in [1.82, 2.24) is 4.90 Å². The van der Waals surface area contributed by atoms with Crippen LogP contribution in [0.1, 0.15) is 88.8 Å². The van der Waals surface area contributed by atoms with Crippen molar-refractivity contribution in [3.8, 4) is 5.75 Å². The second kappa shape index (κ2) is 9.88. The fourth-order valence-corrected chi connectivity index (χ4v) is 6.93. The van der Waals surface area contributed by atoms with Gasteiger partial charge in [0.15, 0.2) is 0 Å². The van der Waals surface area contributed by atoms with E-state index in [4.69, 9.17) is 4.74 Å². The number of carboxylic acids is 1. The Morgan fingerprint density at radius 1 is 1.03 bits per heavy atom. The number of ether oxygens (including phenoxy) is 1. The molecule has 1 N–H and O–H groups in total. The van der Waals surface area contributed by atoms with Crippen LogP contribution in [0.4, 0.5) is 13.2 Å². The van der Waals surface area contributed by atoms with Crippen molar-refractivity contribution < 1.29 is 27.8 Å². The van der Waals surface area contributed by atoms with Crippen molar-refractivity contribution >= 4 is 16.7 Å². The first-order valence-electron chi connectivity index (χ1n) is 13.4. The SMILES string of the molecule is CC(c1ccc2c(C(F)(F)F)c(O[C@H]3CC[C@@H](C)CC3)ccc2c1)N1C2CCCC1CC(C(=O)O)C2. The second-order valence-corrected chi connectivity index (χ2v) is 11.3. The van der Waals surface area contributed by atoms with E-state index in [2.05, 4.69) is 18.7 Å². The second-order valence-electron chi connectivity index (χ2n) is 11.3. The topological polar surface area (TPSA) is 49.8 Å². The number of benzene rings is 2. The summed E-state index contributed by atoms with van der Waals surface area (Å²) in [4.78, 5) is 14.1. The van der Waals surface area contributed by atoms with Crippen LogP contribution in [0.3, 0.4) is 0 Å². The van der Waals surface area contributed by atoms with Gasteiger partial charge in [0.25, 0.3) is 0 Å². The highest BCUT2D eigenvalue weighted by molar-refractivity contribution is 5.89. The maximum atomic E-state index is 14.3. The lowest BCUT2D eigenvalue weighted by atomic mass is 9.77. The summed E-state index contributed by atoms with van der Waals surface area (Å²) in [6.45, 7) is 4.27. The summed E-state index contributed by atoms with van der Waals surface area (Å²) in [5.41, 5.74) is 0.285. The molecule has 2 heterocycles. The molecule has 1 aliphatic carbocycles. The van der Waals surface area contributed by atoms with Crippen LogP contribution in [0, 0.1) is 11.8 Å². The minimum Gasteiger partial charge on any atom is -0.490 e. The van der Waals surface area contributed by atoms with Gasteiger partial charge in [-0.3, -0.25) is 9.69 Å². The summed E-state index contributed by atoms with van der Waals surface area (Å²) >= 11 is 0. The van der Waals surface area contributed by atoms with Gasteiger partial charge < -0.3 is 9.84 Å². The first-order chi connectivity index (χ1) is 17.1. The van der Waals surface area contributed by atoms with E-state index in [1.165, 1.54) is 6.07 Å². The fraction of sp³-hybridized carbons (Fsp3) is 0.621. The zero-order valence-corrected chi connectivity index (χ0v) is 21.1. The number of aliphatic carboxylic acids is 1. The number of hydrogen-bond acceptors (Lipinski definition) is 3. The molecule has 3 unspecified atom stereocenters. The lowest BCUT2D eigenvalue weighted by Gasteiger charge is -2.51. The van der Waals surface area contributed by atoms with Crippen LogP contribution >= 0.6 is 0 Å². The minimum absolute atomic E-state index is 0.00827. The predicted molar refractivity (Wildman–Crippen MR) is 133 cm³/mol. The average Bonchev–Trinajstić information content (AvgIpc) is 2.83. The molecule has 0 spiro atoms. The number of hydrogen-bond donors (Lipinski definition) is 1. The molecule has 3 aliphatic rings. The van der Waals surface area contributed by atoms with Crippen LogP contribution in [0.2, 0.25) is 0 Å². The van der Waals surface area contributed by atoms with Gasteiger partial charge >= 0.3 is 12.1 Å². The number of fused-ring (bicyclic) bond motifs is 3. The van der Waals surface area contributed by atoms with Crippen LogP contribution in [-0.2, 0) is 11.0 Å². The predicted octanol–water partition coefficient (Wildman–Crippen LogP) is 7.59. The summed E-state index contributed by atoms with van der Waals surface area (Å²) < 4.78 is 48.7. The lowest BCUT2D eigenvalue weighted by molar-refractivity contribution is -0.147. The Morgan fingerprint density at radius 3 is 2.31 bits per heavy atom. The van der Waals surface area contributed by atoms with Crippen molar-refractivity contribution in [3.63, 3.8) is 0 Å². The summed E-state index contributed by atoms with van der Waals surface area (Å²) in [5.74, 6) is -0.495. The van der Waals surface area contributed by atoms with E-state index in [9.17, 15) is 23.1 Å². The molecule has 2 bridgehead atoms. The molecule has 4 nitrogen and oxygen atoms in total. The van der Waals surface area contributed by atoms with Gasteiger partial charge in [0.1, 0.15) is 11.3 Å². The van der Waals surface area contributed by atoms with Crippen molar-refractivity contribution in [1.29, 1.82) is 0 Å². The molecule has 0 amide bonds. The number of halogens is 3. The molecule has 0 radical (unpaired) electrons. The van der Waals surface area contributed by atoms with Crippen LogP contribution < -0.4 is 4.74 Å². The van der Waals surface area contributed by atoms with Gasteiger partial charge in [-0.05, 0) is 92.7 Å². The quantitative estimate of drug-likeness (QED) is 0.457. The summed E-state index contributed by atoms with van der Waals surface area (Å²) in [6.07, 6.45) is 3.16. The number of piperidine rings is 2. The van der Waals surface area contributed by atoms with E-state index in [1.54, 1.807) is 12.1 Å². The molecule has 2 saturated heterocycles. The Balaban J connectivity index is 1.44. The summed E-state index contributed by atoms with van der Waals surface area (Å²) in [7, 11) is 0. The normalized spacial score (nSPS) is 30.2. The summed E-state index contributed by atoms with van der Waals surface area (Å²) in [5, 5.41) is 10.3. The molecule has 36 heavy (non-hydrogen) atoms. The minimum atomic E-state index is -4.51. The smallest absolute Gasteiger partial charge is 0.420 e. The molecule has 2 aromatic rings. The van der Waals surface area contributed by atoms with Crippen LogP contribution in [0.25, 0.3) is 10.8 Å². The Morgan fingerprint density at radius 2 is 1.69 bits per heavy atom. The maximum Gasteiger partial charge on any atom is 0.420 e. The van der Waals surface area contributed by atoms with Gasteiger partial charge in [-0.1, -0.05) is 31.5 Å². The number of rotatable bonds is 5. The van der Waals surface area contributed by atoms with E-state index in [0.717, 1.165) is 50.5 Å². The Labute approximate surface area is 210 Å². The van der Waals surface area contributed by atoms with Crippen molar-refractivity contribution in [2.45, 2.75) is 102 Å². The van der Waals surface area contributed by atoms with Gasteiger partial charge in [0.2, 0.25) is 0 Å². The molecule has 3 atom stereocenters. The third-order valence-corrected chi connectivity index (χ3v) is 8.86. The molecule has 7 heteroatoms. The van der Waals surface area contributed by atoms with E-state index >= 15 is 0 Å². The number of carbonyl (C=O) groups is 1.